The molecule has 2 heterocycles. The topological polar surface area (TPSA) is 79.2 Å². The normalized spacial score (nSPS) is 23.6. The Bertz CT molecular complexity index is 1670. The first-order valence-corrected chi connectivity index (χ1v) is 14.8. The second kappa shape index (κ2) is 12.0. The van der Waals surface area contributed by atoms with Gasteiger partial charge in [0.1, 0.15) is 35.2 Å². The van der Waals surface area contributed by atoms with Gasteiger partial charge in [-0.3, -0.25) is 0 Å². The highest BCUT2D eigenvalue weighted by molar-refractivity contribution is 5.79. The highest BCUT2D eigenvalue weighted by atomic mass is 16.5. The van der Waals surface area contributed by atoms with Crippen LogP contribution in [0.2, 0.25) is 0 Å². The van der Waals surface area contributed by atoms with Gasteiger partial charge in [0.15, 0.2) is 0 Å². The van der Waals surface area contributed by atoms with Crippen LogP contribution < -0.4 is 0 Å². The number of aliphatic hydroxyl groups excluding tert-OH is 3. The molecule has 3 N–H and O–H groups in total. The summed E-state index contributed by atoms with van der Waals surface area (Å²) in [6, 6.07) is 39.2. The van der Waals surface area contributed by atoms with E-state index in [9.17, 15) is 15.3 Å². The van der Waals surface area contributed by atoms with Gasteiger partial charge in [0, 0.05) is 34.1 Å². The first kappa shape index (κ1) is 27.9. The third-order valence-electron chi connectivity index (χ3n) is 8.40. The maximum atomic E-state index is 11.5. The van der Waals surface area contributed by atoms with Gasteiger partial charge >= 0.3 is 0 Å². The first-order valence-electron chi connectivity index (χ1n) is 14.8. The fourth-order valence-corrected chi connectivity index (χ4v) is 6.23. The van der Waals surface area contributed by atoms with Crippen LogP contribution in [0.4, 0.5) is 0 Å². The van der Waals surface area contributed by atoms with Crippen LogP contribution in [0.1, 0.15) is 22.3 Å². The third kappa shape index (κ3) is 5.33. The molecule has 0 aromatic heterocycles. The molecule has 0 saturated heterocycles. The summed E-state index contributed by atoms with van der Waals surface area (Å²) in [5.41, 5.74) is 4.78. The summed E-state index contributed by atoms with van der Waals surface area (Å²) in [4.78, 5) is 0. The van der Waals surface area contributed by atoms with Gasteiger partial charge in [-0.2, -0.15) is 0 Å². The molecule has 1 saturated carbocycles. The van der Waals surface area contributed by atoms with Crippen molar-refractivity contribution in [2.75, 3.05) is 0 Å². The molecule has 0 radical (unpaired) electrons. The van der Waals surface area contributed by atoms with Crippen molar-refractivity contribution in [2.45, 2.75) is 18.3 Å². The molecule has 0 spiro atoms. The lowest BCUT2D eigenvalue weighted by Gasteiger charge is -2.30. The first-order chi connectivity index (χ1) is 21.6. The molecule has 5 nitrogen and oxygen atoms in total. The number of hydrogen-bond donors (Lipinski definition) is 3. The molecular formula is C39H32O5. The van der Waals surface area contributed by atoms with E-state index in [-0.39, 0.29) is 0 Å². The number of aliphatic hydroxyl groups is 3. The highest BCUT2D eigenvalue weighted by Crippen LogP contribution is 2.46. The average Bonchev–Trinajstić information content (AvgIpc) is 3.33. The van der Waals surface area contributed by atoms with Crippen LogP contribution in [0.3, 0.4) is 0 Å². The molecule has 4 unspecified atom stereocenters. The highest BCUT2D eigenvalue weighted by Gasteiger charge is 2.49. The second-order valence-electron chi connectivity index (χ2n) is 11.2. The summed E-state index contributed by atoms with van der Waals surface area (Å²) in [6.45, 7) is 0. The van der Waals surface area contributed by atoms with Crippen molar-refractivity contribution in [1.82, 2.24) is 0 Å². The predicted octanol–water partition coefficient (Wildman–Crippen LogP) is 6.84. The van der Waals surface area contributed by atoms with Gasteiger partial charge in [0.05, 0.1) is 6.10 Å². The Kier molecular flexibility index (Phi) is 7.59. The molecule has 3 aliphatic rings. The Morgan fingerprint density at radius 3 is 1.20 bits per heavy atom. The summed E-state index contributed by atoms with van der Waals surface area (Å²) in [5.74, 6) is 1.49. The van der Waals surface area contributed by atoms with Crippen molar-refractivity contribution in [2.24, 2.45) is 11.8 Å². The van der Waals surface area contributed by atoms with Gasteiger partial charge in [-0.1, -0.05) is 121 Å². The maximum Gasteiger partial charge on any atom is 0.135 e. The molecule has 4 aromatic carbocycles. The van der Waals surface area contributed by atoms with E-state index >= 15 is 0 Å². The van der Waals surface area contributed by atoms with Crippen LogP contribution in [0.25, 0.3) is 23.0 Å². The quantitative estimate of drug-likeness (QED) is 0.241. The van der Waals surface area contributed by atoms with Gasteiger partial charge in [-0.05, 0) is 35.5 Å². The predicted molar refractivity (Wildman–Crippen MR) is 172 cm³/mol. The molecule has 7 rings (SSSR count). The van der Waals surface area contributed by atoms with Crippen molar-refractivity contribution >= 4 is 23.0 Å². The Morgan fingerprint density at radius 1 is 0.432 bits per heavy atom. The minimum Gasteiger partial charge on any atom is -0.457 e. The summed E-state index contributed by atoms with van der Waals surface area (Å²) in [7, 11) is 0. The average molecular weight is 581 g/mol. The number of benzene rings is 4. The third-order valence-corrected chi connectivity index (χ3v) is 8.40. The zero-order valence-electron chi connectivity index (χ0n) is 23.9. The van der Waals surface area contributed by atoms with Crippen LogP contribution in [0.5, 0.6) is 0 Å². The van der Waals surface area contributed by atoms with E-state index in [0.717, 1.165) is 22.3 Å². The van der Waals surface area contributed by atoms with E-state index in [1.165, 1.54) is 0 Å². The number of hydrogen-bond acceptors (Lipinski definition) is 5. The van der Waals surface area contributed by atoms with Crippen molar-refractivity contribution in [3.8, 4) is 0 Å². The van der Waals surface area contributed by atoms with Gasteiger partial charge in [0.2, 0.25) is 0 Å². The Labute approximate surface area is 256 Å². The standard InChI is InChI=1S/C39H32O5/c40-37-35(29-21-31(25-13-5-1-6-14-25)43-32(22-29)26-15-7-2-8-16-26)36(38(41)39(37)42)30-23-33(27-17-9-3-10-18-27)44-34(24-30)28-19-11-4-12-20-28/h1-24,29,35,37-42H. The number of rotatable bonds is 5. The maximum absolute atomic E-state index is 11.5. The molecule has 2 aliphatic heterocycles. The fraction of sp³-hybridized carbons (Fsp3) is 0.128. The van der Waals surface area contributed by atoms with Gasteiger partial charge in [-0.15, -0.1) is 0 Å². The van der Waals surface area contributed by atoms with E-state index in [0.29, 0.717) is 34.2 Å². The van der Waals surface area contributed by atoms with Gasteiger partial charge in [-0.25, -0.2) is 0 Å². The van der Waals surface area contributed by atoms with Crippen LogP contribution in [0.15, 0.2) is 157 Å². The van der Waals surface area contributed by atoms with Crippen molar-refractivity contribution < 1.29 is 24.8 Å². The lowest BCUT2D eigenvalue weighted by molar-refractivity contribution is -0.0264. The molecule has 4 atom stereocenters. The molecule has 1 fully saturated rings. The van der Waals surface area contributed by atoms with E-state index < -0.39 is 30.1 Å². The summed E-state index contributed by atoms with van der Waals surface area (Å²) < 4.78 is 12.8. The molecule has 44 heavy (non-hydrogen) atoms. The zero-order valence-corrected chi connectivity index (χ0v) is 23.9. The van der Waals surface area contributed by atoms with Crippen LogP contribution in [-0.2, 0) is 9.47 Å². The minimum absolute atomic E-state index is 0.400. The van der Waals surface area contributed by atoms with Crippen molar-refractivity contribution in [1.29, 1.82) is 0 Å². The molecular weight excluding hydrogens is 548 g/mol. The van der Waals surface area contributed by atoms with Crippen LogP contribution in [0, 0.1) is 11.8 Å². The lowest BCUT2D eigenvalue weighted by atomic mass is 9.80. The summed E-state index contributed by atoms with van der Waals surface area (Å²) in [6.07, 6.45) is 3.87. The molecule has 218 valence electrons. The monoisotopic (exact) mass is 580 g/mol. The fourth-order valence-electron chi connectivity index (χ4n) is 6.23. The largest absolute Gasteiger partial charge is 0.457 e. The molecule has 0 amide bonds. The van der Waals surface area contributed by atoms with E-state index in [1.807, 2.05) is 146 Å². The molecule has 5 heteroatoms. The van der Waals surface area contributed by atoms with E-state index in [1.54, 1.807) is 0 Å². The SMILES string of the molecule is OC1C(=C2C=C(c3ccccc3)OC(c3ccccc3)=C2)C(C2C=C(c3ccccc3)OC(c3ccccc3)=C2)C(O)C1O. The van der Waals surface area contributed by atoms with Crippen LogP contribution >= 0.6 is 0 Å². The zero-order chi connectivity index (χ0) is 30.0. The van der Waals surface area contributed by atoms with Gasteiger partial charge < -0.3 is 24.8 Å². The van der Waals surface area contributed by atoms with Crippen molar-refractivity contribution in [3.05, 3.63) is 179 Å². The second-order valence-corrected chi connectivity index (χ2v) is 11.2. The minimum atomic E-state index is -1.36. The Morgan fingerprint density at radius 2 is 0.795 bits per heavy atom. The summed E-state index contributed by atoms with van der Waals surface area (Å²) in [5, 5.41) is 34.2. The number of allylic oxidation sites excluding steroid dienone is 5. The molecule has 0 bridgehead atoms. The Balaban J connectivity index is 1.41. The molecule has 4 aromatic rings. The van der Waals surface area contributed by atoms with E-state index in [2.05, 4.69) is 0 Å². The smallest absolute Gasteiger partial charge is 0.135 e. The summed E-state index contributed by atoms with van der Waals surface area (Å²) >= 11 is 0. The lowest BCUT2D eigenvalue weighted by Crippen LogP contribution is -2.32. The van der Waals surface area contributed by atoms with E-state index in [4.69, 9.17) is 9.47 Å². The molecule has 1 aliphatic carbocycles. The number of ether oxygens (including phenoxy) is 2. The van der Waals surface area contributed by atoms with Gasteiger partial charge in [0.25, 0.3) is 0 Å². The van der Waals surface area contributed by atoms with Crippen molar-refractivity contribution in [3.63, 3.8) is 0 Å². The Hall–Kier alpha value is -4.94. The van der Waals surface area contributed by atoms with Crippen LogP contribution in [-0.4, -0.2) is 33.6 Å².